The van der Waals surface area contributed by atoms with E-state index >= 15 is 0 Å². The Morgan fingerprint density at radius 2 is 1.48 bits per heavy atom. The van der Waals surface area contributed by atoms with E-state index in [0.29, 0.717) is 5.56 Å². The number of hydrogen-bond donors (Lipinski definition) is 0. The van der Waals surface area contributed by atoms with Crippen molar-refractivity contribution in [1.29, 1.82) is 0 Å². The molecule has 0 N–H and O–H groups in total. The number of carbonyl (C=O) groups excluding carboxylic acids is 1. The number of carbonyl (C=O) groups is 1. The molecule has 0 radical (unpaired) electrons. The van der Waals surface area contributed by atoms with E-state index in [9.17, 15) is 31.1 Å². The largest absolute Gasteiger partial charge is 0.427 e. The summed E-state index contributed by atoms with van der Waals surface area (Å²) in [4.78, 5) is 6.22. The van der Waals surface area contributed by atoms with Gasteiger partial charge in [-0.1, -0.05) is 17.7 Å². The molecular formula is C12H9ClF6O2. The number of hydrogen-bond acceptors (Lipinski definition) is 2. The molecule has 0 spiro atoms. The number of alkyl halides is 7. The Morgan fingerprint density at radius 3 is 1.86 bits per heavy atom. The van der Waals surface area contributed by atoms with Gasteiger partial charge in [-0.3, -0.25) is 0 Å². The van der Waals surface area contributed by atoms with Gasteiger partial charge in [0.1, 0.15) is 5.75 Å². The molecule has 2 nitrogen and oxygen atoms in total. The maximum atomic E-state index is 12.5. The van der Waals surface area contributed by atoms with Crippen LogP contribution in [-0.4, -0.2) is 23.2 Å². The number of aryl methyl sites for hydroxylation is 2. The Labute approximate surface area is 120 Å². The summed E-state index contributed by atoms with van der Waals surface area (Å²) >= 11 is 4.54. The van der Waals surface area contributed by atoms with Gasteiger partial charge >= 0.3 is 23.2 Å². The summed E-state index contributed by atoms with van der Waals surface area (Å²) in [7, 11) is 0. The van der Waals surface area contributed by atoms with Gasteiger partial charge in [0.2, 0.25) is 0 Å². The summed E-state index contributed by atoms with van der Waals surface area (Å²) in [5.74, 6) is -3.10. The second-order valence-electron chi connectivity index (χ2n) is 4.29. The average Bonchev–Trinajstić information content (AvgIpc) is 2.29. The SMILES string of the molecule is Cc1ccc(OC(=O)C(Cl)(C(F)(F)F)C(F)(F)F)cc1C. The second kappa shape index (κ2) is 5.40. The highest BCUT2D eigenvalue weighted by Gasteiger charge is 2.76. The predicted octanol–water partition coefficient (Wildman–Crippen LogP) is 4.31. The van der Waals surface area contributed by atoms with Crippen molar-refractivity contribution >= 4 is 17.6 Å². The zero-order valence-corrected chi connectivity index (χ0v) is 11.5. The Kier molecular flexibility index (Phi) is 4.53. The lowest BCUT2D eigenvalue weighted by Crippen LogP contribution is -2.59. The number of benzene rings is 1. The van der Waals surface area contributed by atoms with Gasteiger partial charge in [0, 0.05) is 0 Å². The third-order valence-corrected chi connectivity index (χ3v) is 3.33. The minimum atomic E-state index is -6.05. The molecule has 0 bridgehead atoms. The van der Waals surface area contributed by atoms with Crippen LogP contribution in [0.1, 0.15) is 11.1 Å². The summed E-state index contributed by atoms with van der Waals surface area (Å²) in [6.45, 7) is 3.21. The Hall–Kier alpha value is -1.44. The van der Waals surface area contributed by atoms with Crippen molar-refractivity contribution in [3.05, 3.63) is 29.3 Å². The van der Waals surface area contributed by atoms with Crippen molar-refractivity contribution in [2.75, 3.05) is 0 Å². The highest BCUT2D eigenvalue weighted by Crippen LogP contribution is 2.48. The van der Waals surface area contributed by atoms with Gasteiger partial charge in [-0.25, -0.2) is 4.79 Å². The highest BCUT2D eigenvalue weighted by molar-refractivity contribution is 6.35. The summed E-state index contributed by atoms with van der Waals surface area (Å²) in [6.07, 6.45) is -12.1. The third kappa shape index (κ3) is 3.25. The molecule has 0 atom stereocenters. The molecule has 0 saturated heterocycles. The quantitative estimate of drug-likeness (QED) is 0.349. The Balaban J connectivity index is 3.17. The molecule has 0 aliphatic rings. The van der Waals surface area contributed by atoms with E-state index in [-0.39, 0.29) is 0 Å². The fourth-order valence-corrected chi connectivity index (χ4v) is 1.39. The number of halogens is 7. The Morgan fingerprint density at radius 1 is 1.00 bits per heavy atom. The lowest BCUT2D eigenvalue weighted by molar-refractivity contribution is -0.265. The van der Waals surface area contributed by atoms with Crippen molar-refractivity contribution in [3.8, 4) is 5.75 Å². The first-order valence-electron chi connectivity index (χ1n) is 5.42. The van der Waals surface area contributed by atoms with Gasteiger partial charge in [0.15, 0.2) is 0 Å². The summed E-state index contributed by atoms with van der Waals surface area (Å²) < 4.78 is 79.4. The minimum absolute atomic E-state index is 0.457. The van der Waals surface area contributed by atoms with E-state index in [1.807, 2.05) is 0 Å². The van der Waals surface area contributed by atoms with Gasteiger partial charge in [-0.2, -0.15) is 26.3 Å². The first kappa shape index (κ1) is 17.6. The van der Waals surface area contributed by atoms with Crippen LogP contribution in [0.5, 0.6) is 5.75 Å². The Bertz CT molecular complexity index is 536. The molecule has 0 heterocycles. The monoisotopic (exact) mass is 334 g/mol. The smallest absolute Gasteiger partial charge is 0.425 e. The van der Waals surface area contributed by atoms with Crippen LogP contribution in [0.2, 0.25) is 0 Å². The lowest BCUT2D eigenvalue weighted by atomic mass is 10.1. The summed E-state index contributed by atoms with van der Waals surface area (Å²) in [6, 6.07) is 3.59. The predicted molar refractivity (Wildman–Crippen MR) is 62.2 cm³/mol. The third-order valence-electron chi connectivity index (χ3n) is 2.75. The molecule has 1 aromatic rings. The van der Waals surface area contributed by atoms with E-state index in [4.69, 9.17) is 0 Å². The molecule has 1 aromatic carbocycles. The van der Waals surface area contributed by atoms with Gasteiger partial charge in [-0.15, -0.1) is 0 Å². The number of ether oxygens (including phenoxy) is 1. The number of rotatable bonds is 2. The topological polar surface area (TPSA) is 26.3 Å². The summed E-state index contributed by atoms with van der Waals surface area (Å²) in [5, 5.41) is 0. The van der Waals surface area contributed by atoms with E-state index in [0.717, 1.165) is 17.7 Å². The van der Waals surface area contributed by atoms with Crippen molar-refractivity contribution < 1.29 is 35.9 Å². The van der Waals surface area contributed by atoms with Crippen LogP contribution in [0.25, 0.3) is 0 Å². The van der Waals surface area contributed by atoms with Gasteiger partial charge < -0.3 is 4.74 Å². The first-order valence-corrected chi connectivity index (χ1v) is 5.80. The van der Waals surface area contributed by atoms with Gasteiger partial charge in [0.25, 0.3) is 0 Å². The van der Waals surface area contributed by atoms with Crippen LogP contribution >= 0.6 is 11.6 Å². The molecule has 0 fully saturated rings. The fraction of sp³-hybridized carbons (Fsp3) is 0.417. The fourth-order valence-electron chi connectivity index (χ4n) is 1.35. The molecule has 1 rings (SSSR count). The first-order chi connectivity index (χ1) is 9.30. The van der Waals surface area contributed by atoms with Gasteiger partial charge in [-0.05, 0) is 37.1 Å². The van der Waals surface area contributed by atoms with Crippen molar-refractivity contribution in [1.82, 2.24) is 0 Å². The normalized spacial score (nSPS) is 13.2. The van der Waals surface area contributed by atoms with Crippen LogP contribution < -0.4 is 4.74 Å². The minimum Gasteiger partial charge on any atom is -0.425 e. The number of esters is 1. The van der Waals surface area contributed by atoms with E-state index in [1.54, 1.807) is 13.8 Å². The van der Waals surface area contributed by atoms with Crippen molar-refractivity contribution in [2.45, 2.75) is 31.1 Å². The molecule has 21 heavy (non-hydrogen) atoms. The van der Waals surface area contributed by atoms with E-state index < -0.39 is 28.9 Å². The molecule has 9 heteroatoms. The second-order valence-corrected chi connectivity index (χ2v) is 4.86. The molecule has 0 unspecified atom stereocenters. The molecule has 0 aromatic heterocycles. The van der Waals surface area contributed by atoms with Crippen LogP contribution in [0.3, 0.4) is 0 Å². The van der Waals surface area contributed by atoms with Crippen LogP contribution in [-0.2, 0) is 4.79 Å². The maximum absolute atomic E-state index is 12.5. The van der Waals surface area contributed by atoms with Crippen LogP contribution in [0.15, 0.2) is 18.2 Å². The molecule has 0 aliphatic heterocycles. The highest BCUT2D eigenvalue weighted by atomic mass is 35.5. The lowest BCUT2D eigenvalue weighted by Gasteiger charge is -2.29. The zero-order chi connectivity index (χ0) is 16.6. The van der Waals surface area contributed by atoms with Crippen molar-refractivity contribution in [2.24, 2.45) is 0 Å². The maximum Gasteiger partial charge on any atom is 0.427 e. The van der Waals surface area contributed by atoms with Crippen LogP contribution in [0.4, 0.5) is 26.3 Å². The summed E-state index contributed by atoms with van der Waals surface area (Å²) in [5.41, 5.74) is 1.25. The van der Waals surface area contributed by atoms with E-state index in [2.05, 4.69) is 16.3 Å². The standard InChI is InChI=1S/C12H9ClF6O2/c1-6-3-4-8(5-7(6)2)21-9(20)10(13,11(14,15)16)12(17,18)19/h3-5H,1-2H3. The van der Waals surface area contributed by atoms with Crippen LogP contribution in [0, 0.1) is 13.8 Å². The van der Waals surface area contributed by atoms with Crippen molar-refractivity contribution in [3.63, 3.8) is 0 Å². The van der Waals surface area contributed by atoms with Gasteiger partial charge in [0.05, 0.1) is 0 Å². The van der Waals surface area contributed by atoms with E-state index in [1.165, 1.54) is 6.07 Å². The zero-order valence-electron chi connectivity index (χ0n) is 10.7. The molecular weight excluding hydrogens is 326 g/mol. The molecule has 118 valence electrons. The molecule has 0 saturated carbocycles. The average molecular weight is 335 g/mol. The molecule has 0 amide bonds. The molecule has 0 aliphatic carbocycles.